The summed E-state index contributed by atoms with van der Waals surface area (Å²) in [5.74, 6) is -0.341. The fourth-order valence-electron chi connectivity index (χ4n) is 3.32. The second-order valence-electron chi connectivity index (χ2n) is 5.93. The quantitative estimate of drug-likeness (QED) is 0.855. The van der Waals surface area contributed by atoms with E-state index in [4.69, 9.17) is 0 Å². The van der Waals surface area contributed by atoms with Gasteiger partial charge < -0.3 is 14.8 Å². The van der Waals surface area contributed by atoms with Crippen LogP contribution in [-0.2, 0) is 6.18 Å². The number of rotatable bonds is 1. The number of aromatic nitrogens is 1. The third-order valence-electron chi connectivity index (χ3n) is 4.16. The monoisotopic (exact) mass is 287 g/mol. The van der Waals surface area contributed by atoms with Gasteiger partial charge in [0.2, 0.25) is 0 Å². The fourth-order valence-corrected chi connectivity index (χ4v) is 3.32. The minimum Gasteiger partial charge on any atom is -0.347 e. The Bertz CT molecular complexity index is 531. The van der Waals surface area contributed by atoms with Crippen molar-refractivity contribution in [2.24, 2.45) is 5.41 Å². The zero-order chi connectivity index (χ0) is 14.5. The Morgan fingerprint density at radius 2 is 2.00 bits per heavy atom. The van der Waals surface area contributed by atoms with Crippen LogP contribution in [0.5, 0.6) is 0 Å². The molecule has 3 heterocycles. The van der Waals surface area contributed by atoms with Crippen LogP contribution in [0.1, 0.15) is 22.6 Å². The molecule has 0 aliphatic carbocycles. The first-order valence-corrected chi connectivity index (χ1v) is 6.53. The molecule has 0 unspecified atom stereocenters. The highest BCUT2D eigenvalue weighted by Gasteiger charge is 2.47. The van der Waals surface area contributed by atoms with Crippen LogP contribution in [0, 0.1) is 5.41 Å². The van der Waals surface area contributed by atoms with E-state index in [2.05, 4.69) is 9.88 Å². The van der Waals surface area contributed by atoms with E-state index < -0.39 is 11.9 Å². The highest BCUT2D eigenvalue weighted by molar-refractivity contribution is 5.92. The molecule has 2 aliphatic heterocycles. The Balaban J connectivity index is 1.69. The van der Waals surface area contributed by atoms with Gasteiger partial charge in [-0.15, -0.1) is 0 Å². The molecule has 1 spiro atoms. The van der Waals surface area contributed by atoms with Gasteiger partial charge in [0, 0.05) is 31.6 Å². The number of alkyl halides is 3. The van der Waals surface area contributed by atoms with Crippen LogP contribution < -0.4 is 0 Å². The number of nitrogens with zero attached hydrogens (tertiary/aromatic N) is 2. The van der Waals surface area contributed by atoms with E-state index >= 15 is 0 Å². The number of hydrogen-bond acceptors (Lipinski definition) is 2. The van der Waals surface area contributed by atoms with E-state index in [1.807, 2.05) is 7.05 Å². The van der Waals surface area contributed by atoms with E-state index in [9.17, 15) is 18.0 Å². The van der Waals surface area contributed by atoms with E-state index in [1.165, 1.54) is 6.07 Å². The molecule has 0 atom stereocenters. The molecule has 0 aromatic carbocycles. The van der Waals surface area contributed by atoms with Crippen molar-refractivity contribution in [3.8, 4) is 0 Å². The standard InChI is InChI=1S/C13H16F3N3O/c1-18-6-12(7-18)4-5-19(8-12)11(20)9-2-3-10(17-9)13(14,15)16/h2-3,17H,4-8H2,1H3. The van der Waals surface area contributed by atoms with Crippen LogP contribution in [0.15, 0.2) is 12.1 Å². The Morgan fingerprint density at radius 3 is 2.55 bits per heavy atom. The molecule has 2 fully saturated rings. The zero-order valence-corrected chi connectivity index (χ0v) is 11.1. The summed E-state index contributed by atoms with van der Waals surface area (Å²) in [6.45, 7) is 3.16. The molecule has 1 amide bonds. The summed E-state index contributed by atoms with van der Waals surface area (Å²) in [5.41, 5.74) is -0.704. The number of aromatic amines is 1. The largest absolute Gasteiger partial charge is 0.431 e. The molecule has 7 heteroatoms. The van der Waals surface area contributed by atoms with Gasteiger partial charge in [-0.05, 0) is 25.6 Å². The van der Waals surface area contributed by atoms with Crippen molar-refractivity contribution in [1.82, 2.24) is 14.8 Å². The van der Waals surface area contributed by atoms with Crippen molar-refractivity contribution in [1.29, 1.82) is 0 Å². The van der Waals surface area contributed by atoms with Gasteiger partial charge in [-0.25, -0.2) is 0 Å². The van der Waals surface area contributed by atoms with Crippen LogP contribution in [0.3, 0.4) is 0 Å². The van der Waals surface area contributed by atoms with Gasteiger partial charge in [0.1, 0.15) is 11.4 Å². The van der Waals surface area contributed by atoms with Crippen molar-refractivity contribution in [3.05, 3.63) is 23.5 Å². The molecule has 0 radical (unpaired) electrons. The Labute approximate surface area is 114 Å². The predicted octanol–water partition coefficient (Wildman–Crippen LogP) is 1.81. The Kier molecular flexibility index (Phi) is 2.86. The maximum atomic E-state index is 12.5. The number of carbonyl (C=O) groups excluding carboxylic acids is 1. The van der Waals surface area contributed by atoms with Crippen LogP contribution in [0.4, 0.5) is 13.2 Å². The lowest BCUT2D eigenvalue weighted by Crippen LogP contribution is -2.55. The van der Waals surface area contributed by atoms with Gasteiger partial charge >= 0.3 is 6.18 Å². The number of likely N-dealkylation sites (tertiary alicyclic amines) is 2. The maximum absolute atomic E-state index is 12.5. The lowest BCUT2D eigenvalue weighted by Gasteiger charge is -2.46. The van der Waals surface area contributed by atoms with Gasteiger partial charge in [0.25, 0.3) is 5.91 Å². The van der Waals surface area contributed by atoms with E-state index in [0.717, 1.165) is 25.6 Å². The third-order valence-corrected chi connectivity index (χ3v) is 4.16. The summed E-state index contributed by atoms with van der Waals surface area (Å²) in [5, 5.41) is 0. The third kappa shape index (κ3) is 2.19. The highest BCUT2D eigenvalue weighted by atomic mass is 19.4. The number of halogens is 3. The second-order valence-corrected chi connectivity index (χ2v) is 5.93. The number of nitrogens with one attached hydrogen (secondary N) is 1. The molecule has 1 N–H and O–H groups in total. The molecule has 0 saturated carbocycles. The van der Waals surface area contributed by atoms with Crippen LogP contribution in [-0.4, -0.2) is 53.9 Å². The summed E-state index contributed by atoms with van der Waals surface area (Å²) < 4.78 is 37.5. The Morgan fingerprint density at radius 1 is 1.30 bits per heavy atom. The van der Waals surface area contributed by atoms with Crippen molar-refractivity contribution >= 4 is 5.91 Å². The molecule has 3 rings (SSSR count). The molecular weight excluding hydrogens is 271 g/mol. The normalized spacial score (nSPS) is 22.3. The predicted molar refractivity (Wildman–Crippen MR) is 66.2 cm³/mol. The van der Waals surface area contributed by atoms with Crippen LogP contribution in [0.2, 0.25) is 0 Å². The zero-order valence-electron chi connectivity index (χ0n) is 11.1. The average molecular weight is 287 g/mol. The number of hydrogen-bond donors (Lipinski definition) is 1. The molecule has 2 aliphatic rings. The minimum atomic E-state index is -4.44. The van der Waals surface area contributed by atoms with E-state index in [-0.39, 0.29) is 17.0 Å². The van der Waals surface area contributed by atoms with Crippen LogP contribution >= 0.6 is 0 Å². The Hall–Kier alpha value is -1.50. The smallest absolute Gasteiger partial charge is 0.347 e. The summed E-state index contributed by atoms with van der Waals surface area (Å²) in [7, 11) is 2.02. The molecule has 2 saturated heterocycles. The molecular formula is C13H16F3N3O. The number of amides is 1. The lowest BCUT2D eigenvalue weighted by molar-refractivity contribution is -0.140. The van der Waals surface area contributed by atoms with Crippen LogP contribution in [0.25, 0.3) is 0 Å². The molecule has 4 nitrogen and oxygen atoms in total. The number of H-pyrrole nitrogens is 1. The summed E-state index contributed by atoms with van der Waals surface area (Å²) in [6.07, 6.45) is -3.52. The van der Waals surface area contributed by atoms with E-state index in [1.54, 1.807) is 4.90 Å². The topological polar surface area (TPSA) is 39.3 Å². The van der Waals surface area contributed by atoms with E-state index in [0.29, 0.717) is 13.1 Å². The first-order chi connectivity index (χ1) is 9.29. The van der Waals surface area contributed by atoms with Gasteiger partial charge in [-0.3, -0.25) is 4.79 Å². The van der Waals surface area contributed by atoms with Crippen molar-refractivity contribution in [3.63, 3.8) is 0 Å². The second kappa shape index (κ2) is 4.25. The molecule has 0 bridgehead atoms. The summed E-state index contributed by atoms with van der Waals surface area (Å²) in [4.78, 5) is 18.2. The number of carbonyl (C=O) groups is 1. The SMILES string of the molecule is CN1CC2(CCN(C(=O)c3ccc(C(F)(F)F)[nH]3)C2)C1. The van der Waals surface area contributed by atoms with Gasteiger partial charge in [-0.2, -0.15) is 13.2 Å². The average Bonchev–Trinajstić information content (AvgIpc) is 2.92. The lowest BCUT2D eigenvalue weighted by atomic mass is 9.79. The molecule has 20 heavy (non-hydrogen) atoms. The molecule has 1 aromatic rings. The van der Waals surface area contributed by atoms with Crippen molar-refractivity contribution in [2.45, 2.75) is 12.6 Å². The molecule has 110 valence electrons. The summed E-state index contributed by atoms with van der Waals surface area (Å²) >= 11 is 0. The maximum Gasteiger partial charge on any atom is 0.431 e. The highest BCUT2D eigenvalue weighted by Crippen LogP contribution is 2.39. The van der Waals surface area contributed by atoms with Gasteiger partial charge in [0.15, 0.2) is 0 Å². The first kappa shape index (κ1) is 13.5. The van der Waals surface area contributed by atoms with Gasteiger partial charge in [-0.1, -0.05) is 0 Å². The fraction of sp³-hybridized carbons (Fsp3) is 0.615. The van der Waals surface area contributed by atoms with Crippen molar-refractivity contribution < 1.29 is 18.0 Å². The first-order valence-electron chi connectivity index (χ1n) is 6.53. The van der Waals surface area contributed by atoms with Gasteiger partial charge in [0.05, 0.1) is 0 Å². The molecule has 1 aromatic heterocycles. The minimum absolute atomic E-state index is 0.0158. The summed E-state index contributed by atoms with van der Waals surface area (Å²) in [6, 6.07) is 2.12. The van der Waals surface area contributed by atoms with Crippen molar-refractivity contribution in [2.75, 3.05) is 33.2 Å².